The van der Waals surface area contributed by atoms with E-state index >= 15 is 0 Å². The zero-order chi connectivity index (χ0) is 18.5. The second kappa shape index (κ2) is 7.13. The van der Waals surface area contributed by atoms with Crippen molar-refractivity contribution in [1.82, 2.24) is 15.2 Å². The van der Waals surface area contributed by atoms with Gasteiger partial charge in [0.1, 0.15) is 10.4 Å². The highest BCUT2D eigenvalue weighted by molar-refractivity contribution is 14.1. The van der Waals surface area contributed by atoms with E-state index in [0.717, 1.165) is 35.3 Å². The summed E-state index contributed by atoms with van der Waals surface area (Å²) in [4.78, 5) is 21.1. The number of hydrogen-bond acceptors (Lipinski definition) is 5. The minimum atomic E-state index is -0.0638. The summed E-state index contributed by atoms with van der Waals surface area (Å²) in [6, 6.07) is 7.70. The second-order valence-corrected chi connectivity index (χ2v) is 10.1. The van der Waals surface area contributed by atoms with Gasteiger partial charge in [-0.25, -0.2) is 4.98 Å². The molecule has 2 unspecified atom stereocenters. The van der Waals surface area contributed by atoms with Crippen molar-refractivity contribution in [2.45, 2.75) is 22.9 Å². The minimum absolute atomic E-state index is 0.0638. The summed E-state index contributed by atoms with van der Waals surface area (Å²) in [6.45, 7) is 2.28. The van der Waals surface area contributed by atoms with Gasteiger partial charge in [-0.15, -0.1) is 11.3 Å². The molecule has 140 valence electrons. The van der Waals surface area contributed by atoms with Gasteiger partial charge >= 0.3 is 0 Å². The number of carbonyl (C=O) groups is 1. The Morgan fingerprint density at radius 1 is 1.33 bits per heavy atom. The SMILES string of the molecule is O=C(NC1C2CCN(CC2)C1I)c1cccc2oc(-c3sccc3Br)nc12. The highest BCUT2D eigenvalue weighted by atomic mass is 127. The Morgan fingerprint density at radius 2 is 2.15 bits per heavy atom. The minimum Gasteiger partial charge on any atom is -0.435 e. The Hall–Kier alpha value is -0.970. The van der Waals surface area contributed by atoms with E-state index in [2.05, 4.69) is 53.7 Å². The van der Waals surface area contributed by atoms with E-state index in [4.69, 9.17) is 4.42 Å². The molecule has 3 aliphatic heterocycles. The number of thiophene rings is 1. The molecule has 3 fully saturated rings. The van der Waals surface area contributed by atoms with Gasteiger partial charge in [0, 0.05) is 4.47 Å². The standard InChI is InChI=1S/C19H17BrIN3O2S/c20-12-6-9-27-16(12)19-23-15-11(2-1-3-13(15)26-19)18(25)22-14-10-4-7-24(8-5-10)17(14)21/h1-3,6,9-10,14,17H,4-5,7-8H2,(H,22,25). The molecule has 1 amide bonds. The van der Waals surface area contributed by atoms with Crippen LogP contribution in [0.15, 0.2) is 38.5 Å². The van der Waals surface area contributed by atoms with Gasteiger partial charge in [-0.05, 0) is 71.4 Å². The number of rotatable bonds is 3. The highest BCUT2D eigenvalue weighted by Gasteiger charge is 2.41. The molecule has 0 spiro atoms. The Morgan fingerprint density at radius 3 is 2.85 bits per heavy atom. The average molecular weight is 558 g/mol. The lowest BCUT2D eigenvalue weighted by molar-refractivity contribution is 0.0554. The van der Waals surface area contributed by atoms with Crippen molar-refractivity contribution in [3.05, 3.63) is 39.7 Å². The van der Waals surface area contributed by atoms with Gasteiger partial charge in [0.15, 0.2) is 5.58 Å². The zero-order valence-electron chi connectivity index (χ0n) is 14.3. The van der Waals surface area contributed by atoms with Crippen LogP contribution in [-0.4, -0.2) is 39.0 Å². The van der Waals surface area contributed by atoms with Gasteiger partial charge < -0.3 is 9.73 Å². The molecule has 3 saturated heterocycles. The van der Waals surface area contributed by atoms with Crippen LogP contribution in [0.4, 0.5) is 0 Å². The molecule has 2 atom stereocenters. The van der Waals surface area contributed by atoms with Gasteiger partial charge in [0.05, 0.1) is 15.7 Å². The molecule has 1 N–H and O–H groups in total. The molecule has 27 heavy (non-hydrogen) atoms. The fraction of sp³-hybridized carbons (Fsp3) is 0.368. The van der Waals surface area contributed by atoms with Crippen LogP contribution in [0.25, 0.3) is 21.9 Å². The summed E-state index contributed by atoms with van der Waals surface area (Å²) in [5, 5.41) is 5.27. The molecule has 8 heteroatoms. The van der Waals surface area contributed by atoms with Crippen molar-refractivity contribution in [2.75, 3.05) is 13.1 Å². The fourth-order valence-corrected chi connectivity index (χ4v) is 6.86. The number of halogens is 2. The third-order valence-electron chi connectivity index (χ3n) is 5.50. The molecule has 2 bridgehead atoms. The largest absolute Gasteiger partial charge is 0.435 e. The number of hydrogen-bond donors (Lipinski definition) is 1. The van der Waals surface area contributed by atoms with Crippen molar-refractivity contribution < 1.29 is 9.21 Å². The molecule has 3 aliphatic rings. The molecule has 3 aromatic rings. The zero-order valence-corrected chi connectivity index (χ0v) is 18.9. The number of aromatic nitrogens is 1. The highest BCUT2D eigenvalue weighted by Crippen LogP contribution is 2.37. The van der Waals surface area contributed by atoms with Gasteiger partial charge in [-0.3, -0.25) is 9.69 Å². The number of nitrogens with one attached hydrogen (secondary N) is 1. The van der Waals surface area contributed by atoms with E-state index < -0.39 is 0 Å². The number of alkyl halides is 1. The predicted octanol–water partition coefficient (Wildman–Crippen LogP) is 4.90. The van der Waals surface area contributed by atoms with Crippen LogP contribution in [0.1, 0.15) is 23.2 Å². The van der Waals surface area contributed by atoms with E-state index in [-0.39, 0.29) is 11.9 Å². The average Bonchev–Trinajstić information content (AvgIpc) is 3.30. The van der Waals surface area contributed by atoms with Crippen LogP contribution in [0.5, 0.6) is 0 Å². The maximum Gasteiger partial charge on any atom is 0.253 e. The van der Waals surface area contributed by atoms with Crippen LogP contribution >= 0.6 is 49.9 Å². The Kier molecular flexibility index (Phi) is 4.77. The first-order valence-corrected chi connectivity index (χ1v) is 11.9. The molecule has 0 aliphatic carbocycles. The third-order valence-corrected chi connectivity index (χ3v) is 8.89. The number of benzene rings is 1. The smallest absolute Gasteiger partial charge is 0.253 e. The number of nitrogens with zero attached hydrogens (tertiary/aromatic N) is 2. The number of para-hydroxylation sites is 1. The lowest BCUT2D eigenvalue weighted by Crippen LogP contribution is -2.61. The van der Waals surface area contributed by atoms with Crippen LogP contribution in [0.2, 0.25) is 0 Å². The van der Waals surface area contributed by atoms with E-state index in [9.17, 15) is 4.79 Å². The first kappa shape index (κ1) is 18.1. The molecule has 5 heterocycles. The molecule has 0 saturated carbocycles. The van der Waals surface area contributed by atoms with Crippen molar-refractivity contribution in [2.24, 2.45) is 5.92 Å². The Labute approximate surface area is 182 Å². The second-order valence-electron chi connectivity index (χ2n) is 7.01. The molecule has 5 nitrogen and oxygen atoms in total. The van der Waals surface area contributed by atoms with Gasteiger partial charge in [0.2, 0.25) is 5.89 Å². The first-order chi connectivity index (χ1) is 13.1. The normalized spacial score (nSPS) is 27.2. The molecular weight excluding hydrogens is 541 g/mol. The number of carbonyl (C=O) groups excluding carboxylic acids is 1. The van der Waals surface area contributed by atoms with Crippen LogP contribution in [-0.2, 0) is 0 Å². The number of fused-ring (bicyclic) bond motifs is 4. The lowest BCUT2D eigenvalue weighted by atomic mass is 9.84. The van der Waals surface area contributed by atoms with Crippen molar-refractivity contribution >= 4 is 66.9 Å². The van der Waals surface area contributed by atoms with Crippen LogP contribution in [0, 0.1) is 5.92 Å². The van der Waals surface area contributed by atoms with Gasteiger partial charge in [0.25, 0.3) is 5.91 Å². The van der Waals surface area contributed by atoms with Crippen LogP contribution in [0.3, 0.4) is 0 Å². The monoisotopic (exact) mass is 557 g/mol. The Bertz CT molecular complexity index is 1010. The summed E-state index contributed by atoms with van der Waals surface area (Å²) in [6.07, 6.45) is 2.32. The lowest BCUT2D eigenvalue weighted by Gasteiger charge is -2.48. The molecular formula is C19H17BrIN3O2S. The number of amides is 1. The quantitative estimate of drug-likeness (QED) is 0.282. The summed E-state index contributed by atoms with van der Waals surface area (Å²) in [7, 11) is 0. The third kappa shape index (κ3) is 3.14. The maximum atomic E-state index is 13.1. The van der Waals surface area contributed by atoms with Crippen LogP contribution < -0.4 is 5.32 Å². The van der Waals surface area contributed by atoms with Gasteiger partial charge in [-0.2, -0.15) is 0 Å². The molecule has 2 aromatic heterocycles. The molecule has 6 rings (SSSR count). The summed E-state index contributed by atoms with van der Waals surface area (Å²) >= 11 is 7.55. The summed E-state index contributed by atoms with van der Waals surface area (Å²) in [5.41, 5.74) is 1.84. The van der Waals surface area contributed by atoms with Crippen molar-refractivity contribution in [3.8, 4) is 10.8 Å². The van der Waals surface area contributed by atoms with E-state index in [1.165, 1.54) is 0 Å². The number of oxazole rings is 1. The summed E-state index contributed by atoms with van der Waals surface area (Å²) in [5.74, 6) is 1.04. The molecule has 0 radical (unpaired) electrons. The van der Waals surface area contributed by atoms with Crippen molar-refractivity contribution in [1.29, 1.82) is 0 Å². The van der Waals surface area contributed by atoms with Gasteiger partial charge in [-0.1, -0.05) is 28.7 Å². The van der Waals surface area contributed by atoms with E-state index in [1.54, 1.807) is 11.3 Å². The topological polar surface area (TPSA) is 58.4 Å². The van der Waals surface area contributed by atoms with E-state index in [0.29, 0.717) is 32.5 Å². The summed E-state index contributed by atoms with van der Waals surface area (Å²) < 4.78 is 7.23. The van der Waals surface area contributed by atoms with Crippen molar-refractivity contribution in [3.63, 3.8) is 0 Å². The molecule has 1 aromatic carbocycles. The van der Waals surface area contributed by atoms with E-state index in [1.807, 2.05) is 29.6 Å². The maximum absolute atomic E-state index is 13.1. The predicted molar refractivity (Wildman–Crippen MR) is 118 cm³/mol. The fourth-order valence-electron chi connectivity index (χ4n) is 4.07. The first-order valence-electron chi connectivity index (χ1n) is 8.94. The Balaban J connectivity index is 1.47. The number of piperidine rings is 3.